The van der Waals surface area contributed by atoms with Crippen molar-refractivity contribution in [2.24, 2.45) is 0 Å². The second-order valence-corrected chi connectivity index (χ2v) is 9.36. The van der Waals surface area contributed by atoms with Crippen LogP contribution in [-0.2, 0) is 25.0 Å². The molecule has 30 heavy (non-hydrogen) atoms. The molecular formula is C16H15Cl2N2O8PS. The molecule has 3 N–H and O–H groups in total. The van der Waals surface area contributed by atoms with Crippen molar-refractivity contribution in [2.45, 2.75) is 37.8 Å². The van der Waals surface area contributed by atoms with Gasteiger partial charge in [0, 0.05) is 16.8 Å². The molecule has 3 unspecified atom stereocenters. The number of hydrogen-bond donors (Lipinski definition) is 3. The second-order valence-electron chi connectivity index (χ2n) is 6.61. The normalized spacial score (nSPS) is 26.3. The number of ether oxygens (including phenoxy) is 1. The number of aromatic amines is 1. The number of phosphoric ester groups is 1. The predicted octanol–water partition coefficient (Wildman–Crippen LogP) is 3.26. The van der Waals surface area contributed by atoms with Gasteiger partial charge in [0.05, 0.1) is 6.61 Å². The van der Waals surface area contributed by atoms with Crippen molar-refractivity contribution in [3.05, 3.63) is 55.1 Å². The van der Waals surface area contributed by atoms with Gasteiger partial charge in [-0.15, -0.1) is 0 Å². The van der Waals surface area contributed by atoms with Gasteiger partial charge in [0.15, 0.2) is 4.77 Å². The number of fused-ring (bicyclic) bond motifs is 1. The van der Waals surface area contributed by atoms with Crippen LogP contribution in [0.2, 0.25) is 10.0 Å². The van der Waals surface area contributed by atoms with E-state index in [0.717, 1.165) is 0 Å². The molecule has 10 nitrogen and oxygen atoms in total. The summed E-state index contributed by atoms with van der Waals surface area (Å²) in [7, 11) is -4.37. The van der Waals surface area contributed by atoms with Crippen LogP contribution in [0.3, 0.4) is 0 Å². The maximum absolute atomic E-state index is 12.8. The fourth-order valence-electron chi connectivity index (χ4n) is 3.09. The lowest BCUT2D eigenvalue weighted by atomic mass is 10.2. The van der Waals surface area contributed by atoms with E-state index in [4.69, 9.17) is 53.7 Å². The minimum Gasteiger partial charge on any atom is -0.404 e. The molecule has 2 aliphatic heterocycles. The zero-order valence-electron chi connectivity index (χ0n) is 15.0. The predicted molar refractivity (Wildman–Crippen MR) is 107 cm³/mol. The van der Waals surface area contributed by atoms with Crippen LogP contribution in [0.4, 0.5) is 0 Å². The summed E-state index contributed by atoms with van der Waals surface area (Å²) in [6, 6.07) is 4.55. The van der Waals surface area contributed by atoms with Crippen LogP contribution in [0.1, 0.15) is 24.6 Å². The Hall–Kier alpha value is -1.27. The van der Waals surface area contributed by atoms with Crippen LogP contribution in [0.5, 0.6) is 5.75 Å². The summed E-state index contributed by atoms with van der Waals surface area (Å²) in [5.41, 5.74) is -0.0266. The van der Waals surface area contributed by atoms with Gasteiger partial charge in [0.1, 0.15) is 23.1 Å². The Balaban J connectivity index is 1.49. The van der Waals surface area contributed by atoms with Crippen LogP contribution in [0.15, 0.2) is 29.2 Å². The number of rotatable bonds is 4. The van der Waals surface area contributed by atoms with Crippen molar-refractivity contribution in [3.8, 4) is 5.75 Å². The Morgan fingerprint density at radius 3 is 2.87 bits per heavy atom. The first-order chi connectivity index (χ1) is 14.1. The van der Waals surface area contributed by atoms with Gasteiger partial charge in [-0.25, -0.2) is 9.09 Å². The van der Waals surface area contributed by atoms with Gasteiger partial charge in [-0.2, -0.15) is 0 Å². The van der Waals surface area contributed by atoms with Crippen molar-refractivity contribution in [3.63, 3.8) is 0 Å². The number of aliphatic hydroxyl groups is 2. The monoisotopic (exact) mass is 496 g/mol. The topological polar surface area (TPSA) is 132 Å². The van der Waals surface area contributed by atoms with E-state index in [1.807, 2.05) is 0 Å². The lowest BCUT2D eigenvalue weighted by molar-refractivity contribution is -0.349. The van der Waals surface area contributed by atoms with Crippen molar-refractivity contribution in [1.29, 1.82) is 0 Å². The number of phosphoric acid groups is 1. The molecule has 0 aliphatic carbocycles. The van der Waals surface area contributed by atoms with Gasteiger partial charge in [0.2, 0.25) is 0 Å². The fraction of sp³-hybridized carbons (Fsp3) is 0.375. The minimum atomic E-state index is -4.37. The largest absolute Gasteiger partial charge is 0.534 e. The first kappa shape index (κ1) is 21.9. The molecule has 1 saturated heterocycles. The number of benzene rings is 1. The van der Waals surface area contributed by atoms with Crippen LogP contribution >= 0.6 is 43.2 Å². The highest BCUT2D eigenvalue weighted by Crippen LogP contribution is 2.57. The van der Waals surface area contributed by atoms with Crippen molar-refractivity contribution >= 4 is 43.2 Å². The number of halogens is 2. The van der Waals surface area contributed by atoms with E-state index >= 15 is 0 Å². The first-order valence-electron chi connectivity index (χ1n) is 8.61. The van der Waals surface area contributed by atoms with Crippen molar-refractivity contribution in [2.75, 3.05) is 0 Å². The molecule has 162 valence electrons. The number of nitrogens with one attached hydrogen (secondary N) is 1. The van der Waals surface area contributed by atoms with Gasteiger partial charge in [-0.1, -0.05) is 23.2 Å². The van der Waals surface area contributed by atoms with E-state index < -0.39 is 31.7 Å². The molecule has 0 spiro atoms. The minimum absolute atomic E-state index is 0.0412. The van der Waals surface area contributed by atoms with Gasteiger partial charge < -0.3 is 19.5 Å². The molecule has 3 heterocycles. The lowest BCUT2D eigenvalue weighted by Gasteiger charge is -2.32. The van der Waals surface area contributed by atoms with E-state index in [1.165, 1.54) is 22.9 Å². The number of nitrogens with zero attached hydrogens (tertiary/aromatic N) is 1. The highest BCUT2D eigenvalue weighted by Gasteiger charge is 2.50. The van der Waals surface area contributed by atoms with E-state index in [2.05, 4.69) is 4.98 Å². The summed E-state index contributed by atoms with van der Waals surface area (Å²) < 4.78 is 35.1. The fourth-order valence-corrected chi connectivity index (χ4v) is 5.00. The third-order valence-corrected chi connectivity index (χ3v) is 6.68. The average Bonchev–Trinajstić information content (AvgIpc) is 3.15. The molecular weight excluding hydrogens is 482 g/mol. The van der Waals surface area contributed by atoms with Gasteiger partial charge in [-0.05, 0) is 43.3 Å². The number of aromatic nitrogens is 2. The number of H-pyrrole nitrogens is 1. The summed E-state index contributed by atoms with van der Waals surface area (Å²) in [4.78, 5) is 13.9. The molecule has 4 rings (SSSR count). The molecule has 0 bridgehead atoms. The molecule has 1 aromatic heterocycles. The summed E-state index contributed by atoms with van der Waals surface area (Å²) in [6.07, 6.45) is -0.427. The molecule has 3 atom stereocenters. The molecule has 14 heteroatoms. The number of hydrogen-bond acceptors (Lipinski definition) is 9. The summed E-state index contributed by atoms with van der Waals surface area (Å²) in [6.45, 7) is -0.164. The summed E-state index contributed by atoms with van der Waals surface area (Å²) >= 11 is 16.8. The van der Waals surface area contributed by atoms with E-state index in [9.17, 15) is 19.6 Å². The van der Waals surface area contributed by atoms with Crippen LogP contribution < -0.4 is 10.1 Å². The molecule has 0 amide bonds. The Bertz CT molecular complexity index is 1150. The first-order valence-corrected chi connectivity index (χ1v) is 11.2. The smallest absolute Gasteiger partial charge is 0.404 e. The average molecular weight is 497 g/mol. The SMILES string of the molecule is O=c1[nH]c(=S)n(C2CCC(C(O)(O)OP3(=O)OCc4cc(Cl)ccc4O3)O2)cc1Cl. The van der Waals surface area contributed by atoms with Crippen LogP contribution in [-0.4, -0.2) is 31.8 Å². The molecule has 2 aliphatic rings. The Morgan fingerprint density at radius 1 is 1.33 bits per heavy atom. The van der Waals surface area contributed by atoms with Crippen LogP contribution in [0.25, 0.3) is 0 Å². The zero-order valence-corrected chi connectivity index (χ0v) is 18.2. The highest BCUT2D eigenvalue weighted by atomic mass is 35.5. The van der Waals surface area contributed by atoms with Crippen molar-refractivity contribution in [1.82, 2.24) is 9.55 Å². The third-order valence-electron chi connectivity index (χ3n) is 4.51. The molecule has 0 saturated carbocycles. The third kappa shape index (κ3) is 4.36. The van der Waals surface area contributed by atoms with Crippen molar-refractivity contribution < 1.29 is 33.1 Å². The molecule has 1 aromatic carbocycles. The summed E-state index contributed by atoms with van der Waals surface area (Å²) in [5, 5.41) is 21.1. The van der Waals surface area contributed by atoms with E-state index in [-0.39, 0.29) is 35.0 Å². The lowest BCUT2D eigenvalue weighted by Crippen LogP contribution is -2.44. The zero-order chi connectivity index (χ0) is 21.7. The summed E-state index contributed by atoms with van der Waals surface area (Å²) in [5.74, 6) is -2.81. The maximum atomic E-state index is 12.8. The standard InChI is InChI=1S/C16H15Cl2N2O8PS/c17-9-1-2-11-8(5-9)7-25-29(24,27-11)28-16(22,23)12-3-4-13(26-12)20-6-10(18)14(21)19-15(20)30/h1-2,5-6,12-13,22-23H,3-4,7H2,(H,19,21,30). The molecule has 2 aromatic rings. The maximum Gasteiger partial charge on any atom is 0.534 e. The quantitative estimate of drug-likeness (QED) is 0.331. The Morgan fingerprint density at radius 2 is 2.10 bits per heavy atom. The van der Waals surface area contributed by atoms with E-state index in [1.54, 1.807) is 6.07 Å². The highest BCUT2D eigenvalue weighted by molar-refractivity contribution is 7.71. The van der Waals surface area contributed by atoms with Gasteiger partial charge in [-0.3, -0.25) is 18.9 Å². The van der Waals surface area contributed by atoms with Crippen LogP contribution in [0, 0.1) is 4.77 Å². The Kier molecular flexibility index (Phi) is 5.86. The second kappa shape index (κ2) is 8.01. The van der Waals surface area contributed by atoms with E-state index in [0.29, 0.717) is 10.6 Å². The molecule has 1 fully saturated rings. The molecule has 0 radical (unpaired) electrons. The van der Waals surface area contributed by atoms with Gasteiger partial charge >= 0.3 is 13.8 Å². The Labute approximate surface area is 184 Å². The van der Waals surface area contributed by atoms with Gasteiger partial charge in [0.25, 0.3) is 5.56 Å².